The maximum absolute atomic E-state index is 12.0. The predicted molar refractivity (Wildman–Crippen MR) is 70.6 cm³/mol. The first-order valence-electron chi connectivity index (χ1n) is 6.57. The number of nitrogens with two attached hydrogens (primary N) is 1. The van der Waals surface area contributed by atoms with Crippen molar-refractivity contribution in [3.05, 3.63) is 0 Å². The molecule has 2 fully saturated rings. The summed E-state index contributed by atoms with van der Waals surface area (Å²) in [6, 6.07) is -0.354. The van der Waals surface area contributed by atoms with Gasteiger partial charge in [0, 0.05) is 18.6 Å². The molecule has 1 aliphatic carbocycles. The van der Waals surface area contributed by atoms with Gasteiger partial charge < -0.3 is 10.5 Å². The van der Waals surface area contributed by atoms with Gasteiger partial charge in [0.1, 0.15) is 0 Å². The Morgan fingerprint density at radius 3 is 2.67 bits per heavy atom. The smallest absolute Gasteiger partial charge is 0.212 e. The van der Waals surface area contributed by atoms with Gasteiger partial charge in [0.05, 0.1) is 17.9 Å². The zero-order valence-electron chi connectivity index (χ0n) is 11.3. The van der Waals surface area contributed by atoms with Gasteiger partial charge in [-0.15, -0.1) is 0 Å². The van der Waals surface area contributed by atoms with Crippen LogP contribution in [0.15, 0.2) is 0 Å². The molecule has 0 amide bonds. The Balaban J connectivity index is 1.97. The molecule has 1 heterocycles. The summed E-state index contributed by atoms with van der Waals surface area (Å²) in [5.41, 5.74) is 5.78. The van der Waals surface area contributed by atoms with Crippen LogP contribution in [-0.4, -0.2) is 39.0 Å². The lowest BCUT2D eigenvalue weighted by Crippen LogP contribution is -2.72. The fourth-order valence-corrected chi connectivity index (χ4v) is 4.84. The molecule has 0 radical (unpaired) electrons. The zero-order valence-corrected chi connectivity index (χ0v) is 12.2. The highest BCUT2D eigenvalue weighted by Crippen LogP contribution is 2.37. The van der Waals surface area contributed by atoms with Gasteiger partial charge in [-0.25, -0.2) is 13.1 Å². The van der Waals surface area contributed by atoms with Crippen molar-refractivity contribution in [3.63, 3.8) is 0 Å². The summed E-state index contributed by atoms with van der Waals surface area (Å²) in [5.74, 6) is 0.432. The number of hydrogen-bond donors (Lipinski definition) is 2. The van der Waals surface area contributed by atoms with E-state index >= 15 is 0 Å². The SMILES string of the molecule is CC(C)(C)CS(=O)(=O)NC1C(N)C2CCCOC21. The van der Waals surface area contributed by atoms with E-state index in [9.17, 15) is 8.42 Å². The second kappa shape index (κ2) is 4.74. The molecule has 5 nitrogen and oxygen atoms in total. The summed E-state index contributed by atoms with van der Waals surface area (Å²) in [4.78, 5) is 0. The van der Waals surface area contributed by atoms with Crippen LogP contribution in [0.3, 0.4) is 0 Å². The van der Waals surface area contributed by atoms with Crippen LogP contribution in [0.25, 0.3) is 0 Å². The Bertz CT molecular complexity index is 402. The average Bonchev–Trinajstić information content (AvgIpc) is 2.22. The molecule has 0 aromatic rings. The standard InChI is InChI=1S/C12H24N2O3S/c1-12(2,3)7-18(15,16)14-10-9(13)8-5-4-6-17-11(8)10/h8-11,14H,4-7,13H2,1-3H3. The van der Waals surface area contributed by atoms with Crippen LogP contribution in [0, 0.1) is 11.3 Å². The molecule has 4 atom stereocenters. The molecule has 0 bridgehead atoms. The Morgan fingerprint density at radius 1 is 1.39 bits per heavy atom. The molecule has 6 heteroatoms. The number of sulfonamides is 1. The second-order valence-corrected chi connectivity index (χ2v) is 8.44. The average molecular weight is 276 g/mol. The number of nitrogens with one attached hydrogen (secondary N) is 1. The van der Waals surface area contributed by atoms with E-state index in [4.69, 9.17) is 10.5 Å². The van der Waals surface area contributed by atoms with Gasteiger partial charge in [-0.1, -0.05) is 20.8 Å². The van der Waals surface area contributed by atoms with E-state index in [-0.39, 0.29) is 29.4 Å². The Kier molecular flexibility index (Phi) is 3.75. The van der Waals surface area contributed by atoms with Gasteiger partial charge in [-0.3, -0.25) is 0 Å². The Hall–Kier alpha value is -0.170. The summed E-state index contributed by atoms with van der Waals surface area (Å²) in [6.45, 7) is 6.44. The van der Waals surface area contributed by atoms with Crippen molar-refractivity contribution in [1.29, 1.82) is 0 Å². The third-order valence-corrected chi connectivity index (χ3v) is 5.49. The Morgan fingerprint density at radius 2 is 2.06 bits per heavy atom. The van der Waals surface area contributed by atoms with Crippen LogP contribution in [-0.2, 0) is 14.8 Å². The van der Waals surface area contributed by atoms with Crippen molar-refractivity contribution >= 4 is 10.0 Å². The summed E-state index contributed by atoms with van der Waals surface area (Å²) in [6.07, 6.45) is 2.04. The lowest BCUT2D eigenvalue weighted by Gasteiger charge is -2.52. The molecule has 1 aliphatic heterocycles. The highest BCUT2D eigenvalue weighted by atomic mass is 32.2. The van der Waals surface area contributed by atoms with Crippen LogP contribution >= 0.6 is 0 Å². The highest BCUT2D eigenvalue weighted by Gasteiger charge is 2.51. The molecule has 1 saturated carbocycles. The van der Waals surface area contributed by atoms with Crippen molar-refractivity contribution in [2.75, 3.05) is 12.4 Å². The molecule has 0 aromatic carbocycles. The van der Waals surface area contributed by atoms with Gasteiger partial charge >= 0.3 is 0 Å². The number of fused-ring (bicyclic) bond motifs is 1. The minimum Gasteiger partial charge on any atom is -0.376 e. The summed E-state index contributed by atoms with van der Waals surface area (Å²) in [7, 11) is -3.29. The van der Waals surface area contributed by atoms with Crippen LogP contribution in [0.1, 0.15) is 33.6 Å². The van der Waals surface area contributed by atoms with Crippen molar-refractivity contribution in [2.45, 2.75) is 51.8 Å². The minimum atomic E-state index is -3.29. The number of rotatable bonds is 3. The topological polar surface area (TPSA) is 81.4 Å². The molecule has 1 saturated heterocycles. The minimum absolute atomic E-state index is 0.0245. The van der Waals surface area contributed by atoms with Crippen LogP contribution in [0.2, 0.25) is 0 Å². The first-order valence-corrected chi connectivity index (χ1v) is 8.22. The third kappa shape index (κ3) is 3.04. The molecule has 106 valence electrons. The van der Waals surface area contributed by atoms with E-state index in [2.05, 4.69) is 4.72 Å². The van der Waals surface area contributed by atoms with E-state index in [0.29, 0.717) is 12.5 Å². The zero-order chi connectivity index (χ0) is 13.6. The molecule has 2 rings (SSSR count). The first-order chi connectivity index (χ1) is 8.20. The van der Waals surface area contributed by atoms with E-state index in [1.165, 1.54) is 0 Å². The summed E-state index contributed by atoms with van der Waals surface area (Å²) >= 11 is 0. The number of ether oxygens (including phenoxy) is 1. The monoisotopic (exact) mass is 276 g/mol. The maximum Gasteiger partial charge on any atom is 0.212 e. The van der Waals surface area contributed by atoms with Crippen LogP contribution < -0.4 is 10.5 Å². The highest BCUT2D eigenvalue weighted by molar-refractivity contribution is 7.89. The van der Waals surface area contributed by atoms with Crippen molar-refractivity contribution < 1.29 is 13.2 Å². The molecule has 0 aromatic heterocycles. The van der Waals surface area contributed by atoms with Gasteiger partial charge in [-0.05, 0) is 18.3 Å². The van der Waals surface area contributed by atoms with Gasteiger partial charge in [0.2, 0.25) is 10.0 Å². The summed E-state index contributed by atoms with van der Waals surface area (Å²) in [5, 5.41) is 0. The first kappa shape index (κ1) is 14.2. The fraction of sp³-hybridized carbons (Fsp3) is 1.00. The summed E-state index contributed by atoms with van der Waals surface area (Å²) < 4.78 is 32.4. The lowest BCUT2D eigenvalue weighted by atomic mass is 9.69. The largest absolute Gasteiger partial charge is 0.376 e. The molecule has 18 heavy (non-hydrogen) atoms. The molecular weight excluding hydrogens is 252 g/mol. The van der Waals surface area contributed by atoms with E-state index in [1.807, 2.05) is 20.8 Å². The van der Waals surface area contributed by atoms with E-state index < -0.39 is 10.0 Å². The van der Waals surface area contributed by atoms with Crippen molar-refractivity contribution in [2.24, 2.45) is 17.1 Å². The van der Waals surface area contributed by atoms with Gasteiger partial charge in [0.15, 0.2) is 0 Å². The normalized spacial score (nSPS) is 36.9. The van der Waals surface area contributed by atoms with Crippen LogP contribution in [0.5, 0.6) is 0 Å². The molecule has 4 unspecified atom stereocenters. The molecular formula is C12H24N2O3S. The van der Waals surface area contributed by atoms with Crippen molar-refractivity contribution in [1.82, 2.24) is 4.72 Å². The van der Waals surface area contributed by atoms with Gasteiger partial charge in [0.25, 0.3) is 0 Å². The second-order valence-electron chi connectivity index (χ2n) is 6.68. The quantitative estimate of drug-likeness (QED) is 0.784. The molecule has 2 aliphatic rings. The van der Waals surface area contributed by atoms with E-state index in [0.717, 1.165) is 12.8 Å². The number of hydrogen-bond acceptors (Lipinski definition) is 4. The Labute approximate surface area is 110 Å². The van der Waals surface area contributed by atoms with Crippen molar-refractivity contribution in [3.8, 4) is 0 Å². The maximum atomic E-state index is 12.0. The molecule has 3 N–H and O–H groups in total. The van der Waals surface area contributed by atoms with Gasteiger partial charge in [-0.2, -0.15) is 0 Å². The predicted octanol–water partition coefficient (Wildman–Crippen LogP) is 0.457. The lowest BCUT2D eigenvalue weighted by molar-refractivity contribution is -0.114. The third-order valence-electron chi connectivity index (χ3n) is 3.62. The molecule has 0 spiro atoms. The van der Waals surface area contributed by atoms with Crippen LogP contribution in [0.4, 0.5) is 0 Å². The van der Waals surface area contributed by atoms with E-state index in [1.54, 1.807) is 0 Å². The fourth-order valence-electron chi connectivity index (χ4n) is 2.91.